The maximum absolute atomic E-state index is 13.1. The number of halogens is 1. The van der Waals surface area contributed by atoms with Crippen molar-refractivity contribution in [3.63, 3.8) is 0 Å². The smallest absolute Gasteiger partial charge is 0.317 e. The van der Waals surface area contributed by atoms with Crippen LogP contribution >= 0.6 is 0 Å². The lowest BCUT2D eigenvalue weighted by Gasteiger charge is -2.17. The zero-order chi connectivity index (χ0) is 15.3. The van der Waals surface area contributed by atoms with Gasteiger partial charge in [0.25, 0.3) is 5.69 Å². The van der Waals surface area contributed by atoms with Crippen molar-refractivity contribution in [1.82, 2.24) is 4.90 Å². The first-order valence-corrected chi connectivity index (χ1v) is 5.38. The van der Waals surface area contributed by atoms with Crippen molar-refractivity contribution in [3.8, 4) is 0 Å². The highest BCUT2D eigenvalue weighted by atomic mass is 19.1. The standard InChI is InChI=1S/C11H11FN2O6/c12-8-1-2-9(14(19)20)7(3-8)4-13(5-10(15)16)6-11(17)18/h1-3H,4-6H2,(H,15,16)(H,17,18). The fourth-order valence-corrected chi connectivity index (χ4v) is 1.65. The molecule has 0 aromatic heterocycles. The predicted molar refractivity (Wildman–Crippen MR) is 63.6 cm³/mol. The van der Waals surface area contributed by atoms with Gasteiger partial charge in [-0.25, -0.2) is 4.39 Å². The number of rotatable bonds is 7. The summed E-state index contributed by atoms with van der Waals surface area (Å²) in [6.07, 6.45) is 0. The van der Waals surface area contributed by atoms with Gasteiger partial charge in [-0.3, -0.25) is 24.6 Å². The molecular formula is C11H11FN2O6. The molecule has 1 rings (SSSR count). The highest BCUT2D eigenvalue weighted by Gasteiger charge is 2.20. The van der Waals surface area contributed by atoms with Crippen molar-refractivity contribution in [2.45, 2.75) is 6.54 Å². The third-order valence-corrected chi connectivity index (χ3v) is 2.35. The van der Waals surface area contributed by atoms with E-state index in [0.29, 0.717) is 0 Å². The van der Waals surface area contributed by atoms with Crippen LogP contribution in [-0.4, -0.2) is 45.1 Å². The number of nitro benzene ring substituents is 1. The average Bonchev–Trinajstić information content (AvgIpc) is 2.26. The quantitative estimate of drug-likeness (QED) is 0.559. The number of benzene rings is 1. The molecule has 20 heavy (non-hydrogen) atoms. The van der Waals surface area contributed by atoms with Gasteiger partial charge in [0, 0.05) is 18.2 Å². The van der Waals surface area contributed by atoms with Crippen molar-refractivity contribution >= 4 is 17.6 Å². The van der Waals surface area contributed by atoms with E-state index in [0.717, 1.165) is 23.1 Å². The molecule has 9 heteroatoms. The van der Waals surface area contributed by atoms with Crippen LogP contribution in [0.1, 0.15) is 5.56 Å². The fourth-order valence-electron chi connectivity index (χ4n) is 1.65. The summed E-state index contributed by atoms with van der Waals surface area (Å²) in [7, 11) is 0. The zero-order valence-electron chi connectivity index (χ0n) is 10.2. The average molecular weight is 286 g/mol. The van der Waals surface area contributed by atoms with E-state index in [4.69, 9.17) is 10.2 Å². The Morgan fingerprint density at radius 1 is 1.25 bits per heavy atom. The second-order valence-corrected chi connectivity index (χ2v) is 3.96. The Morgan fingerprint density at radius 2 is 1.80 bits per heavy atom. The van der Waals surface area contributed by atoms with E-state index >= 15 is 0 Å². The van der Waals surface area contributed by atoms with Crippen LogP contribution in [-0.2, 0) is 16.1 Å². The molecule has 8 nitrogen and oxygen atoms in total. The SMILES string of the molecule is O=C(O)CN(CC(=O)O)Cc1cc(F)ccc1[N+](=O)[O-]. The molecule has 0 amide bonds. The first-order valence-electron chi connectivity index (χ1n) is 5.38. The van der Waals surface area contributed by atoms with Crippen molar-refractivity contribution in [3.05, 3.63) is 39.7 Å². The summed E-state index contributed by atoms with van der Waals surface area (Å²) < 4.78 is 13.1. The lowest BCUT2D eigenvalue weighted by Crippen LogP contribution is -2.34. The number of carboxylic acid groups (broad SMARTS) is 2. The maximum Gasteiger partial charge on any atom is 0.317 e. The lowest BCUT2D eigenvalue weighted by atomic mass is 10.1. The molecule has 0 atom stereocenters. The Labute approximate surface area is 112 Å². The largest absolute Gasteiger partial charge is 0.480 e. The van der Waals surface area contributed by atoms with Gasteiger partial charge in [0.15, 0.2) is 0 Å². The normalized spacial score (nSPS) is 10.5. The van der Waals surface area contributed by atoms with Gasteiger partial charge in [-0.15, -0.1) is 0 Å². The first kappa shape index (κ1) is 15.5. The van der Waals surface area contributed by atoms with Crippen LogP contribution in [0.25, 0.3) is 0 Å². The number of nitrogens with zero attached hydrogens (tertiary/aromatic N) is 2. The van der Waals surface area contributed by atoms with Gasteiger partial charge < -0.3 is 10.2 Å². The molecule has 108 valence electrons. The molecule has 0 saturated carbocycles. The van der Waals surface area contributed by atoms with E-state index < -0.39 is 41.5 Å². The van der Waals surface area contributed by atoms with Crippen molar-refractivity contribution in [2.24, 2.45) is 0 Å². The molecule has 0 heterocycles. The van der Waals surface area contributed by atoms with Gasteiger partial charge in [0.2, 0.25) is 0 Å². The van der Waals surface area contributed by atoms with E-state index in [1.165, 1.54) is 0 Å². The third kappa shape index (κ3) is 4.61. The number of hydrogen-bond donors (Lipinski definition) is 2. The molecule has 1 aromatic rings. The molecule has 0 aliphatic rings. The Morgan fingerprint density at radius 3 is 2.25 bits per heavy atom. The molecule has 0 unspecified atom stereocenters. The third-order valence-electron chi connectivity index (χ3n) is 2.35. The van der Waals surface area contributed by atoms with Crippen molar-refractivity contribution in [2.75, 3.05) is 13.1 Å². The molecule has 0 aliphatic heterocycles. The summed E-state index contributed by atoms with van der Waals surface area (Å²) in [4.78, 5) is 32.2. The number of carbonyl (C=O) groups is 2. The molecule has 0 radical (unpaired) electrons. The second kappa shape index (κ2) is 6.57. The van der Waals surface area contributed by atoms with Crippen LogP contribution in [0.5, 0.6) is 0 Å². The van der Waals surface area contributed by atoms with Crippen LogP contribution in [0.3, 0.4) is 0 Å². The van der Waals surface area contributed by atoms with E-state index in [-0.39, 0.29) is 12.1 Å². The van der Waals surface area contributed by atoms with Gasteiger partial charge >= 0.3 is 11.9 Å². The molecule has 2 N–H and O–H groups in total. The van der Waals surface area contributed by atoms with Crippen LogP contribution in [0.2, 0.25) is 0 Å². The van der Waals surface area contributed by atoms with Gasteiger partial charge in [-0.1, -0.05) is 0 Å². The number of nitro groups is 1. The maximum atomic E-state index is 13.1. The highest BCUT2D eigenvalue weighted by molar-refractivity contribution is 5.72. The second-order valence-electron chi connectivity index (χ2n) is 3.96. The Bertz CT molecular complexity index is 532. The lowest BCUT2D eigenvalue weighted by molar-refractivity contribution is -0.385. The van der Waals surface area contributed by atoms with E-state index in [1.807, 2.05) is 0 Å². The molecular weight excluding hydrogens is 275 g/mol. The number of hydrogen-bond acceptors (Lipinski definition) is 5. The molecule has 0 spiro atoms. The zero-order valence-corrected chi connectivity index (χ0v) is 10.2. The van der Waals surface area contributed by atoms with Crippen molar-refractivity contribution < 1.29 is 29.1 Å². The van der Waals surface area contributed by atoms with Crippen molar-refractivity contribution in [1.29, 1.82) is 0 Å². The molecule has 0 bridgehead atoms. The molecule has 0 fully saturated rings. The number of carboxylic acids is 2. The van der Waals surface area contributed by atoms with Gasteiger partial charge in [0.1, 0.15) is 5.82 Å². The number of aliphatic carboxylic acids is 2. The van der Waals surface area contributed by atoms with Crippen LogP contribution in [0.4, 0.5) is 10.1 Å². The first-order chi connectivity index (χ1) is 9.29. The highest BCUT2D eigenvalue weighted by Crippen LogP contribution is 2.21. The summed E-state index contributed by atoms with van der Waals surface area (Å²) >= 11 is 0. The summed E-state index contributed by atoms with van der Waals surface area (Å²) in [5.74, 6) is -3.30. The van der Waals surface area contributed by atoms with Gasteiger partial charge in [0.05, 0.1) is 18.0 Å². The fraction of sp³-hybridized carbons (Fsp3) is 0.273. The van der Waals surface area contributed by atoms with E-state index in [1.54, 1.807) is 0 Å². The molecule has 0 saturated heterocycles. The van der Waals surface area contributed by atoms with Gasteiger partial charge in [-0.05, 0) is 12.1 Å². The van der Waals surface area contributed by atoms with Crippen LogP contribution in [0, 0.1) is 15.9 Å². The van der Waals surface area contributed by atoms with Crippen LogP contribution in [0.15, 0.2) is 18.2 Å². The summed E-state index contributed by atoms with van der Waals surface area (Å²) in [5.41, 5.74) is -0.482. The van der Waals surface area contributed by atoms with Crippen LogP contribution < -0.4 is 0 Å². The van der Waals surface area contributed by atoms with Gasteiger partial charge in [-0.2, -0.15) is 0 Å². The minimum Gasteiger partial charge on any atom is -0.480 e. The summed E-state index contributed by atoms with van der Waals surface area (Å²) in [5, 5.41) is 28.1. The summed E-state index contributed by atoms with van der Waals surface area (Å²) in [6, 6.07) is 2.74. The van der Waals surface area contributed by atoms with E-state index in [2.05, 4.69) is 0 Å². The monoisotopic (exact) mass is 286 g/mol. The Kier molecular flexibility index (Phi) is 5.09. The minimum atomic E-state index is -1.29. The Hall–Kier alpha value is -2.55. The predicted octanol–water partition coefficient (Wildman–Crippen LogP) is 0.705. The minimum absolute atomic E-state index is 0.0856. The molecule has 0 aliphatic carbocycles. The topological polar surface area (TPSA) is 121 Å². The molecule has 1 aromatic carbocycles. The summed E-state index contributed by atoms with van der Waals surface area (Å²) in [6.45, 7) is -1.60. The van der Waals surface area contributed by atoms with E-state index in [9.17, 15) is 24.1 Å². The Balaban J connectivity index is 3.02.